The van der Waals surface area contributed by atoms with Crippen molar-refractivity contribution in [3.63, 3.8) is 0 Å². The average Bonchev–Trinajstić information content (AvgIpc) is 2.50. The Bertz CT molecular complexity index is 494. The Morgan fingerprint density at radius 3 is 2.42 bits per heavy atom. The summed E-state index contributed by atoms with van der Waals surface area (Å²) < 4.78 is 0. The van der Waals surface area contributed by atoms with Crippen LogP contribution in [0.1, 0.15) is 5.56 Å². The van der Waals surface area contributed by atoms with Gasteiger partial charge in [-0.15, -0.1) is 0 Å². The summed E-state index contributed by atoms with van der Waals surface area (Å²) in [6, 6.07) is 10.7. The van der Waals surface area contributed by atoms with Gasteiger partial charge >= 0.3 is 5.84 Å². The van der Waals surface area contributed by atoms with E-state index in [-0.39, 0.29) is 0 Å². The van der Waals surface area contributed by atoms with E-state index in [0.717, 1.165) is 38.6 Å². The summed E-state index contributed by atoms with van der Waals surface area (Å²) >= 11 is 0. The molecule has 2 heterocycles. The molecule has 2 aliphatic heterocycles. The second kappa shape index (κ2) is 5.85. The van der Waals surface area contributed by atoms with E-state index in [1.165, 1.54) is 5.56 Å². The van der Waals surface area contributed by atoms with Crippen molar-refractivity contribution in [3.8, 4) is 0 Å². The third-order valence-corrected chi connectivity index (χ3v) is 3.59. The lowest BCUT2D eigenvalue weighted by Gasteiger charge is -2.30. The second-order valence-corrected chi connectivity index (χ2v) is 4.94. The molecule has 97 valence electrons. The van der Waals surface area contributed by atoms with Gasteiger partial charge in [-0.05, 0) is 11.6 Å². The first kappa shape index (κ1) is 12.2. The van der Waals surface area contributed by atoms with Crippen LogP contribution in [0.2, 0.25) is 0 Å². The van der Waals surface area contributed by atoms with E-state index in [2.05, 4.69) is 57.3 Å². The Morgan fingerprint density at radius 1 is 0.947 bits per heavy atom. The largest absolute Gasteiger partial charge is 0.318 e. The maximum absolute atomic E-state index is 4.42. The monoisotopic (exact) mass is 253 g/mol. The molecule has 3 rings (SSSR count). The van der Waals surface area contributed by atoms with Crippen LogP contribution < -0.4 is 4.99 Å². The molecule has 0 N–H and O–H groups in total. The van der Waals surface area contributed by atoms with Crippen LogP contribution in [0.5, 0.6) is 0 Å². The highest BCUT2D eigenvalue weighted by Crippen LogP contribution is 2.09. The molecule has 0 atom stereocenters. The molecular weight excluding hydrogens is 234 g/mol. The van der Waals surface area contributed by atoms with Crippen LogP contribution in [0.25, 0.3) is 0 Å². The van der Waals surface area contributed by atoms with E-state index in [9.17, 15) is 0 Å². The number of allylic oxidation sites excluding steroid dienone is 2. The quantitative estimate of drug-likeness (QED) is 0.798. The number of hydrogen-bond acceptors (Lipinski definition) is 3. The standard InChI is InChI=1S/C16H19N3/c1-2-6-15(7-3-1)14-18-10-12-19(13-11-18)16-8-4-5-9-17-16/h1-9H,10-14H2/q+1. The molecule has 0 spiro atoms. The number of amidine groups is 1. The number of piperazine rings is 1. The molecule has 1 fully saturated rings. The Hall–Kier alpha value is -1.87. The Kier molecular flexibility index (Phi) is 3.75. The van der Waals surface area contributed by atoms with Gasteiger partial charge in [0.1, 0.15) is 6.20 Å². The minimum atomic E-state index is 1.05. The molecule has 1 aromatic carbocycles. The minimum absolute atomic E-state index is 1.05. The maximum atomic E-state index is 4.42. The molecular formula is C16H19N3+. The van der Waals surface area contributed by atoms with Crippen LogP contribution in [0, 0.1) is 0 Å². The van der Waals surface area contributed by atoms with Gasteiger partial charge in [-0.2, -0.15) is 0 Å². The molecule has 0 unspecified atom stereocenters. The summed E-state index contributed by atoms with van der Waals surface area (Å²) in [6.07, 6.45) is 7.98. The zero-order chi connectivity index (χ0) is 12.9. The van der Waals surface area contributed by atoms with E-state index in [4.69, 9.17) is 0 Å². The Morgan fingerprint density at radius 2 is 1.74 bits per heavy atom. The first-order valence-electron chi connectivity index (χ1n) is 6.84. The van der Waals surface area contributed by atoms with E-state index in [1.54, 1.807) is 0 Å². The molecule has 19 heavy (non-hydrogen) atoms. The molecule has 1 aromatic rings. The fourth-order valence-corrected chi connectivity index (χ4v) is 2.52. The molecule has 0 bridgehead atoms. The van der Waals surface area contributed by atoms with Crippen LogP contribution >= 0.6 is 0 Å². The molecule has 0 aliphatic carbocycles. The lowest BCUT2D eigenvalue weighted by atomic mass is 10.2. The molecule has 3 heteroatoms. The molecule has 0 saturated carbocycles. The van der Waals surface area contributed by atoms with Crippen molar-refractivity contribution < 1.29 is 0 Å². The van der Waals surface area contributed by atoms with E-state index in [0.29, 0.717) is 0 Å². The van der Waals surface area contributed by atoms with Crippen molar-refractivity contribution >= 4 is 5.84 Å². The van der Waals surface area contributed by atoms with Crippen LogP contribution in [0.3, 0.4) is 0 Å². The topological polar surface area (TPSA) is 20.6 Å². The molecule has 3 nitrogen and oxygen atoms in total. The first-order valence-corrected chi connectivity index (χ1v) is 6.84. The van der Waals surface area contributed by atoms with E-state index in [1.807, 2.05) is 12.3 Å². The fraction of sp³-hybridized carbons (Fsp3) is 0.312. The Labute approximate surface area is 114 Å². The predicted molar refractivity (Wildman–Crippen MR) is 78.7 cm³/mol. The first-order chi connectivity index (χ1) is 9.42. The van der Waals surface area contributed by atoms with Crippen molar-refractivity contribution in [3.05, 3.63) is 60.3 Å². The van der Waals surface area contributed by atoms with Gasteiger partial charge in [-0.25, -0.2) is 0 Å². The number of rotatable bonds is 2. The lowest BCUT2D eigenvalue weighted by Crippen LogP contribution is -2.48. The van der Waals surface area contributed by atoms with Crippen molar-refractivity contribution in [2.24, 2.45) is 0 Å². The second-order valence-electron chi connectivity index (χ2n) is 4.94. The van der Waals surface area contributed by atoms with Gasteiger partial charge in [0.15, 0.2) is 0 Å². The van der Waals surface area contributed by atoms with Crippen molar-refractivity contribution in [1.29, 1.82) is 0 Å². The average molecular weight is 253 g/mol. The predicted octanol–water partition coefficient (Wildman–Crippen LogP) is 1.62. The third-order valence-electron chi connectivity index (χ3n) is 3.59. The van der Waals surface area contributed by atoms with Crippen LogP contribution in [-0.2, 0) is 6.54 Å². The maximum Gasteiger partial charge on any atom is 0.318 e. The summed E-state index contributed by atoms with van der Waals surface area (Å²) in [5, 5.41) is 0. The highest BCUT2D eigenvalue weighted by molar-refractivity contribution is 5.93. The highest BCUT2D eigenvalue weighted by Gasteiger charge is 2.25. The number of benzene rings is 1. The van der Waals surface area contributed by atoms with Crippen LogP contribution in [0.15, 0.2) is 54.8 Å². The van der Waals surface area contributed by atoms with Gasteiger partial charge in [-0.3, -0.25) is 9.80 Å². The zero-order valence-electron chi connectivity index (χ0n) is 11.1. The fourth-order valence-electron chi connectivity index (χ4n) is 2.52. The van der Waals surface area contributed by atoms with Gasteiger partial charge in [0, 0.05) is 25.7 Å². The summed E-state index contributed by atoms with van der Waals surface area (Å²) in [7, 11) is 0. The molecule has 0 amide bonds. The van der Waals surface area contributed by atoms with Gasteiger partial charge in [0.25, 0.3) is 0 Å². The van der Waals surface area contributed by atoms with Crippen molar-refractivity contribution in [1.82, 2.24) is 14.8 Å². The lowest BCUT2D eigenvalue weighted by molar-refractivity contribution is 0.175. The van der Waals surface area contributed by atoms with Crippen molar-refractivity contribution in [2.75, 3.05) is 26.2 Å². The van der Waals surface area contributed by atoms with Crippen molar-refractivity contribution in [2.45, 2.75) is 6.54 Å². The van der Waals surface area contributed by atoms with E-state index < -0.39 is 0 Å². The molecule has 1 saturated heterocycles. The number of hydrogen-bond donors (Lipinski definition) is 0. The summed E-state index contributed by atoms with van der Waals surface area (Å²) in [4.78, 5) is 9.29. The Balaban J connectivity index is 1.54. The van der Waals surface area contributed by atoms with Gasteiger partial charge in [-0.1, -0.05) is 41.4 Å². The summed E-state index contributed by atoms with van der Waals surface area (Å²) in [6.45, 7) is 5.38. The van der Waals surface area contributed by atoms with Crippen LogP contribution in [-0.4, -0.2) is 41.8 Å². The summed E-state index contributed by atoms with van der Waals surface area (Å²) in [5.41, 5.74) is 1.40. The molecule has 0 aromatic heterocycles. The highest BCUT2D eigenvalue weighted by atomic mass is 15.3. The SMILES string of the molecule is C1=C[N+]=C(N2CCN(Cc3ccccc3)CC2)C=C1. The van der Waals surface area contributed by atoms with Gasteiger partial charge < -0.3 is 0 Å². The minimum Gasteiger partial charge on any atom is -0.291 e. The zero-order valence-corrected chi connectivity index (χ0v) is 11.1. The van der Waals surface area contributed by atoms with Crippen LogP contribution in [0.4, 0.5) is 0 Å². The molecule has 1 radical (unpaired) electrons. The normalized spacial score (nSPS) is 19.6. The van der Waals surface area contributed by atoms with Gasteiger partial charge in [0.05, 0.1) is 13.1 Å². The third kappa shape index (κ3) is 3.12. The van der Waals surface area contributed by atoms with E-state index >= 15 is 0 Å². The smallest absolute Gasteiger partial charge is 0.291 e. The summed E-state index contributed by atoms with van der Waals surface area (Å²) in [5.74, 6) is 1.10. The number of nitrogens with zero attached hydrogens (tertiary/aromatic N) is 3. The molecule has 2 aliphatic rings. The number of aliphatic imine (C=N–C) groups is 1. The van der Waals surface area contributed by atoms with Gasteiger partial charge in [0.2, 0.25) is 0 Å².